The predicted octanol–water partition coefficient (Wildman–Crippen LogP) is -0.141. The molecule has 1 heterocycles. The maximum Gasteiger partial charge on any atom is 0.418 e. The largest absolute Gasteiger partial charge is 0.418 e. The lowest BCUT2D eigenvalue weighted by molar-refractivity contribution is 0.488. The molecule has 0 radical (unpaired) electrons. The van der Waals surface area contributed by atoms with Crippen molar-refractivity contribution in [2.24, 2.45) is 0 Å². The van der Waals surface area contributed by atoms with Crippen LogP contribution in [0.15, 0.2) is 9.21 Å². The van der Waals surface area contributed by atoms with Crippen molar-refractivity contribution in [3.8, 4) is 0 Å². The molecule has 4 heteroatoms. The molecular formula is C4H6N2O2. The summed E-state index contributed by atoms with van der Waals surface area (Å²) in [5.41, 5.74) is 5.19. The van der Waals surface area contributed by atoms with Gasteiger partial charge in [-0.1, -0.05) is 0 Å². The molecule has 4 nitrogen and oxygen atoms in total. The molecule has 1 rings (SSSR count). The summed E-state index contributed by atoms with van der Waals surface area (Å²) in [6.45, 7) is 1.62. The quantitative estimate of drug-likeness (QED) is 0.493. The van der Waals surface area contributed by atoms with Gasteiger partial charge in [0.15, 0.2) is 0 Å². The monoisotopic (exact) mass is 114 g/mol. The van der Waals surface area contributed by atoms with Crippen molar-refractivity contribution in [1.29, 1.82) is 0 Å². The standard InChI is InChI=1S/C4H6N2O2/c1-2-3(5)6-4(7)8-2/h5H2,1H3,(H,6,7). The number of nitrogen functional groups attached to an aromatic ring is 1. The molecule has 0 aliphatic heterocycles. The first kappa shape index (κ1) is 4.96. The third-order valence-corrected chi connectivity index (χ3v) is 0.862. The Balaban J connectivity index is 3.35. The Hall–Kier alpha value is -1.19. The average Bonchev–Trinajstić information content (AvgIpc) is 1.85. The van der Waals surface area contributed by atoms with Crippen LogP contribution >= 0.6 is 0 Å². The molecule has 44 valence electrons. The van der Waals surface area contributed by atoms with Gasteiger partial charge in [0.05, 0.1) is 0 Å². The van der Waals surface area contributed by atoms with Crippen molar-refractivity contribution in [2.45, 2.75) is 6.92 Å². The van der Waals surface area contributed by atoms with Gasteiger partial charge < -0.3 is 10.2 Å². The fourth-order valence-electron chi connectivity index (χ4n) is 0.418. The molecule has 0 saturated heterocycles. The van der Waals surface area contributed by atoms with E-state index in [9.17, 15) is 4.79 Å². The Morgan fingerprint density at radius 3 is 2.50 bits per heavy atom. The number of aromatic nitrogens is 1. The van der Waals surface area contributed by atoms with Crippen LogP contribution in [0.3, 0.4) is 0 Å². The molecule has 8 heavy (non-hydrogen) atoms. The maximum atomic E-state index is 10.2. The average molecular weight is 114 g/mol. The normalized spacial score (nSPS) is 9.62. The van der Waals surface area contributed by atoms with Gasteiger partial charge in [-0.3, -0.25) is 4.98 Å². The van der Waals surface area contributed by atoms with Crippen LogP contribution in [0.2, 0.25) is 0 Å². The van der Waals surface area contributed by atoms with Crippen LogP contribution in [-0.4, -0.2) is 4.98 Å². The van der Waals surface area contributed by atoms with E-state index in [2.05, 4.69) is 9.40 Å². The molecule has 0 bridgehead atoms. The van der Waals surface area contributed by atoms with E-state index in [0.717, 1.165) is 0 Å². The number of aromatic amines is 1. The van der Waals surface area contributed by atoms with Crippen molar-refractivity contribution < 1.29 is 4.42 Å². The zero-order valence-electron chi connectivity index (χ0n) is 4.39. The second-order valence-electron chi connectivity index (χ2n) is 1.48. The summed E-state index contributed by atoms with van der Waals surface area (Å²) in [6.07, 6.45) is 0. The van der Waals surface area contributed by atoms with E-state index >= 15 is 0 Å². The fraction of sp³-hybridized carbons (Fsp3) is 0.250. The number of H-pyrrole nitrogens is 1. The van der Waals surface area contributed by atoms with Gasteiger partial charge in [-0.15, -0.1) is 0 Å². The summed E-state index contributed by atoms with van der Waals surface area (Å²) < 4.78 is 4.48. The van der Waals surface area contributed by atoms with Crippen molar-refractivity contribution in [2.75, 3.05) is 5.73 Å². The van der Waals surface area contributed by atoms with Crippen LogP contribution in [0, 0.1) is 6.92 Å². The number of rotatable bonds is 0. The minimum Gasteiger partial charge on any atom is -0.411 e. The van der Waals surface area contributed by atoms with E-state index in [1.54, 1.807) is 6.92 Å². The second-order valence-corrected chi connectivity index (χ2v) is 1.48. The number of hydrogen-bond acceptors (Lipinski definition) is 3. The predicted molar refractivity (Wildman–Crippen MR) is 28.5 cm³/mol. The molecule has 3 N–H and O–H groups in total. The highest BCUT2D eigenvalue weighted by atomic mass is 16.4. The van der Waals surface area contributed by atoms with E-state index < -0.39 is 5.76 Å². The molecule has 1 aromatic rings. The van der Waals surface area contributed by atoms with Crippen molar-refractivity contribution in [3.05, 3.63) is 16.3 Å². The van der Waals surface area contributed by atoms with E-state index in [0.29, 0.717) is 11.6 Å². The van der Waals surface area contributed by atoms with Crippen molar-refractivity contribution in [1.82, 2.24) is 4.98 Å². The topological polar surface area (TPSA) is 72.0 Å². The van der Waals surface area contributed by atoms with E-state index in [4.69, 9.17) is 5.73 Å². The maximum absolute atomic E-state index is 10.2. The number of aryl methyl sites for hydroxylation is 1. The Labute approximate surface area is 45.3 Å². The van der Waals surface area contributed by atoms with Gasteiger partial charge in [-0.05, 0) is 6.92 Å². The highest BCUT2D eigenvalue weighted by Crippen LogP contribution is 1.99. The molecule has 0 unspecified atom stereocenters. The number of nitrogens with two attached hydrogens (primary N) is 1. The lowest BCUT2D eigenvalue weighted by Gasteiger charge is -1.78. The molecule has 0 amide bonds. The first-order valence-electron chi connectivity index (χ1n) is 2.15. The fourth-order valence-corrected chi connectivity index (χ4v) is 0.418. The van der Waals surface area contributed by atoms with Gasteiger partial charge in [0.2, 0.25) is 0 Å². The third-order valence-electron chi connectivity index (χ3n) is 0.862. The molecule has 0 spiro atoms. The minimum atomic E-state index is -0.500. The van der Waals surface area contributed by atoms with Crippen molar-refractivity contribution >= 4 is 5.82 Å². The summed E-state index contributed by atoms with van der Waals surface area (Å²) in [4.78, 5) is 12.5. The highest BCUT2D eigenvalue weighted by molar-refractivity contribution is 5.29. The Bertz CT molecular complexity index is 212. The molecular weight excluding hydrogens is 108 g/mol. The number of nitrogens with one attached hydrogen (secondary N) is 1. The van der Waals surface area contributed by atoms with Crippen LogP contribution < -0.4 is 11.5 Å². The first-order valence-corrected chi connectivity index (χ1v) is 2.15. The van der Waals surface area contributed by atoms with Gasteiger partial charge in [-0.2, -0.15) is 0 Å². The van der Waals surface area contributed by atoms with E-state index in [-0.39, 0.29) is 0 Å². The SMILES string of the molecule is Cc1oc(=O)[nH]c1N. The molecule has 0 atom stereocenters. The third kappa shape index (κ3) is 0.598. The molecule has 1 aromatic heterocycles. The highest BCUT2D eigenvalue weighted by Gasteiger charge is 1.96. The van der Waals surface area contributed by atoms with Gasteiger partial charge in [0, 0.05) is 0 Å². The van der Waals surface area contributed by atoms with Crippen LogP contribution in [-0.2, 0) is 0 Å². The zero-order valence-corrected chi connectivity index (χ0v) is 4.39. The summed E-state index contributed by atoms with van der Waals surface area (Å²) in [7, 11) is 0. The lowest BCUT2D eigenvalue weighted by atomic mass is 10.5. The van der Waals surface area contributed by atoms with Gasteiger partial charge in [0.25, 0.3) is 0 Å². The van der Waals surface area contributed by atoms with E-state index in [1.165, 1.54) is 0 Å². The summed E-state index contributed by atoms with van der Waals surface area (Å²) in [5, 5.41) is 0. The molecule has 0 saturated carbocycles. The van der Waals surface area contributed by atoms with Gasteiger partial charge in [-0.25, -0.2) is 4.79 Å². The zero-order chi connectivity index (χ0) is 6.15. The smallest absolute Gasteiger partial charge is 0.411 e. The summed E-state index contributed by atoms with van der Waals surface area (Å²) in [6, 6.07) is 0. The van der Waals surface area contributed by atoms with Gasteiger partial charge >= 0.3 is 5.76 Å². The lowest BCUT2D eigenvalue weighted by Crippen LogP contribution is -1.96. The number of oxazole rings is 1. The molecule has 0 fully saturated rings. The molecule has 0 aliphatic carbocycles. The van der Waals surface area contributed by atoms with Crippen LogP contribution in [0.4, 0.5) is 5.82 Å². The molecule has 0 aromatic carbocycles. The summed E-state index contributed by atoms with van der Waals surface area (Å²) in [5.74, 6) is 0.241. The molecule has 0 aliphatic rings. The second kappa shape index (κ2) is 1.40. The summed E-state index contributed by atoms with van der Waals surface area (Å²) >= 11 is 0. The van der Waals surface area contributed by atoms with Crippen LogP contribution in [0.25, 0.3) is 0 Å². The van der Waals surface area contributed by atoms with Gasteiger partial charge in [0.1, 0.15) is 11.6 Å². The van der Waals surface area contributed by atoms with Crippen LogP contribution in [0.1, 0.15) is 5.76 Å². The Kier molecular flexibility index (Phi) is 0.865. The van der Waals surface area contributed by atoms with E-state index in [1.807, 2.05) is 0 Å². The first-order chi connectivity index (χ1) is 3.70. The van der Waals surface area contributed by atoms with Crippen molar-refractivity contribution in [3.63, 3.8) is 0 Å². The Morgan fingerprint density at radius 1 is 1.75 bits per heavy atom. The minimum absolute atomic E-state index is 0.301. The number of hydrogen-bond donors (Lipinski definition) is 2. The van der Waals surface area contributed by atoms with Crippen LogP contribution in [0.5, 0.6) is 0 Å². The number of anilines is 1. The Morgan fingerprint density at radius 2 is 2.38 bits per heavy atom.